The molecule has 2 aromatic rings. The van der Waals surface area contributed by atoms with Gasteiger partial charge >= 0.3 is 0 Å². The molecule has 130 valence electrons. The minimum Gasteiger partial charge on any atom is -0.490 e. The standard InChI is InChI=1S/C17H13ClFNO4S/c18-12-2-4-15(24-7-6-19)14(9-12)17(21)20-13-3-1-11-5-8-25(22,23)16(11)10-13/h1-5,8-10H,6-7H2,(H,20,21). The number of rotatable bonds is 5. The van der Waals surface area contributed by atoms with Gasteiger partial charge in [-0.15, -0.1) is 0 Å². The average molecular weight is 382 g/mol. The van der Waals surface area contributed by atoms with E-state index in [2.05, 4.69) is 5.32 Å². The summed E-state index contributed by atoms with van der Waals surface area (Å²) in [5.74, 6) is -0.352. The largest absolute Gasteiger partial charge is 0.490 e. The summed E-state index contributed by atoms with van der Waals surface area (Å²) in [6.07, 6.45) is 1.50. The third-order valence-electron chi connectivity index (χ3n) is 3.53. The van der Waals surface area contributed by atoms with Gasteiger partial charge in [-0.05, 0) is 42.0 Å². The molecule has 0 atom stereocenters. The zero-order valence-electron chi connectivity index (χ0n) is 12.8. The predicted molar refractivity (Wildman–Crippen MR) is 93.5 cm³/mol. The lowest BCUT2D eigenvalue weighted by Crippen LogP contribution is -2.14. The van der Waals surface area contributed by atoms with Crippen molar-refractivity contribution in [3.63, 3.8) is 0 Å². The zero-order valence-corrected chi connectivity index (χ0v) is 14.4. The van der Waals surface area contributed by atoms with Gasteiger partial charge in [0.15, 0.2) is 0 Å². The van der Waals surface area contributed by atoms with Gasteiger partial charge in [0.1, 0.15) is 19.0 Å². The number of fused-ring (bicyclic) bond motifs is 1. The van der Waals surface area contributed by atoms with E-state index in [1.807, 2.05) is 0 Å². The summed E-state index contributed by atoms with van der Waals surface area (Å²) in [7, 11) is -3.47. The highest BCUT2D eigenvalue weighted by Gasteiger charge is 2.21. The second-order valence-corrected chi connectivity index (χ2v) is 7.47. The Bertz CT molecular complexity index is 973. The van der Waals surface area contributed by atoms with Crippen LogP contribution in [0.15, 0.2) is 46.7 Å². The molecular weight excluding hydrogens is 369 g/mol. The first kappa shape index (κ1) is 17.4. The van der Waals surface area contributed by atoms with Crippen LogP contribution in [0, 0.1) is 0 Å². The van der Waals surface area contributed by atoms with Gasteiger partial charge in [0.25, 0.3) is 5.91 Å². The van der Waals surface area contributed by atoms with Crippen molar-refractivity contribution in [1.29, 1.82) is 0 Å². The number of benzene rings is 2. The van der Waals surface area contributed by atoms with E-state index in [0.717, 1.165) is 5.41 Å². The smallest absolute Gasteiger partial charge is 0.259 e. The molecular formula is C17H13ClFNO4S. The number of halogens is 2. The Hall–Kier alpha value is -2.38. The van der Waals surface area contributed by atoms with Crippen LogP contribution in [0.25, 0.3) is 6.08 Å². The molecule has 0 saturated heterocycles. The van der Waals surface area contributed by atoms with E-state index in [-0.39, 0.29) is 22.8 Å². The van der Waals surface area contributed by atoms with Crippen LogP contribution in [-0.4, -0.2) is 27.6 Å². The Morgan fingerprint density at radius 1 is 1.20 bits per heavy atom. The Morgan fingerprint density at radius 2 is 2.00 bits per heavy atom. The van der Waals surface area contributed by atoms with Crippen molar-refractivity contribution in [3.05, 3.63) is 58.0 Å². The molecule has 1 aliphatic heterocycles. The molecule has 25 heavy (non-hydrogen) atoms. The number of nitrogens with one attached hydrogen (secondary N) is 1. The minimum atomic E-state index is -3.47. The molecule has 5 nitrogen and oxygen atoms in total. The molecule has 0 spiro atoms. The maximum absolute atomic E-state index is 12.5. The van der Waals surface area contributed by atoms with E-state index in [9.17, 15) is 17.6 Å². The molecule has 3 rings (SSSR count). The zero-order chi connectivity index (χ0) is 18.0. The normalized spacial score (nSPS) is 14.2. The number of alkyl halides is 1. The molecule has 1 heterocycles. The van der Waals surface area contributed by atoms with Crippen LogP contribution in [0.4, 0.5) is 10.1 Å². The number of amides is 1. The lowest BCUT2D eigenvalue weighted by atomic mass is 10.1. The summed E-state index contributed by atoms with van der Waals surface area (Å²) in [5, 5.41) is 4.04. The van der Waals surface area contributed by atoms with Gasteiger partial charge < -0.3 is 10.1 Å². The van der Waals surface area contributed by atoms with Gasteiger partial charge in [-0.25, -0.2) is 12.8 Å². The number of ether oxygens (including phenoxy) is 1. The second kappa shape index (κ2) is 6.85. The van der Waals surface area contributed by atoms with Crippen molar-refractivity contribution >= 4 is 39.1 Å². The van der Waals surface area contributed by atoms with E-state index in [0.29, 0.717) is 16.3 Å². The number of hydrogen-bond acceptors (Lipinski definition) is 4. The van der Waals surface area contributed by atoms with Crippen LogP contribution >= 0.6 is 11.6 Å². The Kier molecular flexibility index (Phi) is 4.78. The SMILES string of the molecule is O=C(Nc1ccc2c(c1)S(=O)(=O)C=C2)c1cc(Cl)ccc1OCCF. The van der Waals surface area contributed by atoms with Gasteiger partial charge in [0, 0.05) is 16.1 Å². The van der Waals surface area contributed by atoms with Crippen molar-refractivity contribution in [3.8, 4) is 5.75 Å². The first-order valence-corrected chi connectivity index (χ1v) is 9.20. The van der Waals surface area contributed by atoms with Crippen molar-refractivity contribution in [2.75, 3.05) is 18.6 Å². The molecule has 1 N–H and O–H groups in total. The quantitative estimate of drug-likeness (QED) is 0.857. The van der Waals surface area contributed by atoms with Crippen molar-refractivity contribution in [2.45, 2.75) is 4.90 Å². The molecule has 0 radical (unpaired) electrons. The van der Waals surface area contributed by atoms with Crippen LogP contribution in [0.2, 0.25) is 5.02 Å². The van der Waals surface area contributed by atoms with Crippen LogP contribution in [-0.2, 0) is 9.84 Å². The average Bonchev–Trinajstić information content (AvgIpc) is 2.88. The Morgan fingerprint density at radius 3 is 2.76 bits per heavy atom. The molecule has 1 amide bonds. The fraction of sp³-hybridized carbons (Fsp3) is 0.118. The van der Waals surface area contributed by atoms with Gasteiger partial charge in [-0.3, -0.25) is 4.79 Å². The summed E-state index contributed by atoms with van der Waals surface area (Å²) >= 11 is 5.91. The fourth-order valence-corrected chi connectivity index (χ4v) is 3.79. The third-order valence-corrected chi connectivity index (χ3v) is 5.22. The molecule has 0 unspecified atom stereocenters. The summed E-state index contributed by atoms with van der Waals surface area (Å²) in [4.78, 5) is 12.6. The van der Waals surface area contributed by atoms with Gasteiger partial charge in [0.05, 0.1) is 10.5 Å². The highest BCUT2D eigenvalue weighted by molar-refractivity contribution is 7.94. The topological polar surface area (TPSA) is 72.5 Å². The Balaban J connectivity index is 1.88. The van der Waals surface area contributed by atoms with E-state index in [1.54, 1.807) is 12.1 Å². The van der Waals surface area contributed by atoms with Gasteiger partial charge in [-0.2, -0.15) is 0 Å². The molecule has 2 aromatic carbocycles. The highest BCUT2D eigenvalue weighted by atomic mass is 35.5. The molecule has 0 fully saturated rings. The minimum absolute atomic E-state index is 0.127. The van der Waals surface area contributed by atoms with Crippen molar-refractivity contribution in [1.82, 2.24) is 0 Å². The third kappa shape index (κ3) is 3.67. The van der Waals surface area contributed by atoms with E-state index < -0.39 is 22.4 Å². The summed E-state index contributed by atoms with van der Waals surface area (Å²) in [6.45, 7) is -0.885. The highest BCUT2D eigenvalue weighted by Crippen LogP contribution is 2.30. The summed E-state index contributed by atoms with van der Waals surface area (Å²) in [6, 6.07) is 8.98. The van der Waals surface area contributed by atoms with E-state index >= 15 is 0 Å². The maximum atomic E-state index is 12.5. The number of sulfone groups is 1. The summed E-state index contributed by atoms with van der Waals surface area (Å²) < 4.78 is 41.3. The summed E-state index contributed by atoms with van der Waals surface area (Å²) in [5.41, 5.74) is 1.00. The number of carbonyl (C=O) groups excluding carboxylic acids is 1. The molecule has 8 heteroatoms. The number of anilines is 1. The van der Waals surface area contributed by atoms with Crippen molar-refractivity contribution < 1.29 is 22.3 Å². The molecule has 0 bridgehead atoms. The lowest BCUT2D eigenvalue weighted by Gasteiger charge is -2.12. The predicted octanol–water partition coefficient (Wildman–Crippen LogP) is 3.70. The lowest BCUT2D eigenvalue weighted by molar-refractivity contribution is 0.102. The van der Waals surface area contributed by atoms with Crippen LogP contribution in [0.3, 0.4) is 0 Å². The van der Waals surface area contributed by atoms with Crippen LogP contribution < -0.4 is 10.1 Å². The fourth-order valence-electron chi connectivity index (χ4n) is 2.38. The Labute approximate surface area is 149 Å². The number of carbonyl (C=O) groups is 1. The van der Waals surface area contributed by atoms with Crippen molar-refractivity contribution in [2.24, 2.45) is 0 Å². The van der Waals surface area contributed by atoms with Gasteiger partial charge in [0.2, 0.25) is 9.84 Å². The van der Waals surface area contributed by atoms with E-state index in [1.165, 1.54) is 30.3 Å². The van der Waals surface area contributed by atoms with Gasteiger partial charge in [-0.1, -0.05) is 17.7 Å². The molecule has 1 aliphatic rings. The second-order valence-electron chi connectivity index (χ2n) is 5.23. The monoisotopic (exact) mass is 381 g/mol. The van der Waals surface area contributed by atoms with Crippen LogP contribution in [0.5, 0.6) is 5.75 Å². The maximum Gasteiger partial charge on any atom is 0.259 e. The van der Waals surface area contributed by atoms with E-state index in [4.69, 9.17) is 16.3 Å². The molecule has 0 aromatic heterocycles. The van der Waals surface area contributed by atoms with Crippen LogP contribution in [0.1, 0.15) is 15.9 Å². The molecule has 0 aliphatic carbocycles. The first-order valence-electron chi connectivity index (χ1n) is 7.27. The molecule has 0 saturated carbocycles. The first-order chi connectivity index (χ1) is 11.9. The number of hydrogen-bond donors (Lipinski definition) is 1.